The van der Waals surface area contributed by atoms with Crippen molar-refractivity contribution in [3.05, 3.63) is 24.3 Å². The van der Waals surface area contributed by atoms with Gasteiger partial charge in [0.15, 0.2) is 0 Å². The summed E-state index contributed by atoms with van der Waals surface area (Å²) in [6.07, 6.45) is 3.29. The maximum Gasteiger partial charge on any atom is 0.224 e. The number of likely N-dealkylation sites (tertiary alicyclic amines) is 1. The van der Waals surface area contributed by atoms with Crippen molar-refractivity contribution in [2.24, 2.45) is 5.92 Å². The van der Waals surface area contributed by atoms with Crippen LogP contribution in [0.2, 0.25) is 0 Å². The first-order chi connectivity index (χ1) is 9.69. The number of hydrogen-bond acceptors (Lipinski definition) is 3. The summed E-state index contributed by atoms with van der Waals surface area (Å²) >= 11 is 0. The number of anilines is 2. The fourth-order valence-corrected chi connectivity index (χ4v) is 3.33. The minimum atomic E-state index is 0.241. The molecule has 0 aromatic heterocycles. The second-order valence-corrected chi connectivity index (χ2v) is 5.92. The molecule has 0 spiro atoms. The van der Waals surface area contributed by atoms with Gasteiger partial charge in [0.25, 0.3) is 0 Å². The third-order valence-corrected chi connectivity index (χ3v) is 4.36. The summed E-state index contributed by atoms with van der Waals surface area (Å²) in [6.45, 7) is 5.95. The number of rotatable bonds is 4. The molecule has 1 aromatic carbocycles. The van der Waals surface area contributed by atoms with Crippen LogP contribution in [0.25, 0.3) is 0 Å². The Hall–Kier alpha value is -1.71. The van der Waals surface area contributed by atoms with Crippen LogP contribution >= 0.6 is 0 Å². The highest BCUT2D eigenvalue weighted by Gasteiger charge is 2.33. The van der Waals surface area contributed by atoms with Crippen LogP contribution in [0.5, 0.6) is 0 Å². The molecule has 20 heavy (non-hydrogen) atoms. The van der Waals surface area contributed by atoms with Crippen molar-refractivity contribution < 1.29 is 4.79 Å². The van der Waals surface area contributed by atoms with Crippen molar-refractivity contribution in [1.29, 1.82) is 0 Å². The minimum Gasteiger partial charge on any atom is -0.364 e. The highest BCUT2D eigenvalue weighted by Crippen LogP contribution is 2.34. The molecule has 1 saturated heterocycles. The van der Waals surface area contributed by atoms with Crippen LogP contribution in [0.3, 0.4) is 0 Å². The molecule has 1 N–H and O–H groups in total. The molecule has 4 nitrogen and oxygen atoms in total. The van der Waals surface area contributed by atoms with Gasteiger partial charge in [-0.1, -0.05) is 25.5 Å². The van der Waals surface area contributed by atoms with E-state index in [0.717, 1.165) is 31.5 Å². The van der Waals surface area contributed by atoms with Gasteiger partial charge in [0.2, 0.25) is 5.91 Å². The number of carbonyl (C=O) groups excluding carboxylic acids is 1. The Morgan fingerprint density at radius 1 is 1.35 bits per heavy atom. The Morgan fingerprint density at radius 2 is 2.15 bits per heavy atom. The second-order valence-electron chi connectivity index (χ2n) is 5.92. The average molecular weight is 273 g/mol. The molecule has 2 heterocycles. The van der Waals surface area contributed by atoms with Crippen LogP contribution in [0.1, 0.15) is 33.1 Å². The third kappa shape index (κ3) is 2.35. The molecule has 2 aliphatic heterocycles. The van der Waals surface area contributed by atoms with E-state index in [2.05, 4.69) is 42.3 Å². The monoisotopic (exact) mass is 273 g/mol. The Kier molecular flexibility index (Phi) is 3.55. The van der Waals surface area contributed by atoms with E-state index in [9.17, 15) is 4.79 Å². The van der Waals surface area contributed by atoms with E-state index >= 15 is 0 Å². The summed E-state index contributed by atoms with van der Waals surface area (Å²) in [5.41, 5.74) is 2.36. The standard InChI is InChI=1S/C16H23N3O/c1-3-6-13-9-16(20)18(10-13)11-19-12(2)17-14-7-4-5-8-15(14)19/h4-5,7-8,12-13,17H,3,6,9-11H2,1-2H3. The van der Waals surface area contributed by atoms with E-state index in [4.69, 9.17) is 0 Å². The molecule has 2 unspecified atom stereocenters. The van der Waals surface area contributed by atoms with Gasteiger partial charge in [-0.3, -0.25) is 4.79 Å². The maximum atomic E-state index is 12.1. The zero-order chi connectivity index (χ0) is 14.1. The summed E-state index contributed by atoms with van der Waals surface area (Å²) in [7, 11) is 0. The SMILES string of the molecule is CCCC1CC(=O)N(CN2c3ccccc3NC2C)C1. The van der Waals surface area contributed by atoms with Gasteiger partial charge in [0.05, 0.1) is 24.2 Å². The van der Waals surface area contributed by atoms with Crippen LogP contribution in [-0.4, -0.2) is 30.2 Å². The molecule has 1 aromatic rings. The molecule has 0 aliphatic carbocycles. The summed E-state index contributed by atoms with van der Waals surface area (Å²) in [5, 5.41) is 3.46. The lowest BCUT2D eigenvalue weighted by molar-refractivity contribution is -0.127. The Labute approximate surface area is 120 Å². The molecular formula is C16H23N3O. The Morgan fingerprint density at radius 3 is 2.95 bits per heavy atom. The molecule has 0 bridgehead atoms. The zero-order valence-corrected chi connectivity index (χ0v) is 12.3. The summed E-state index contributed by atoms with van der Waals surface area (Å²) < 4.78 is 0. The van der Waals surface area contributed by atoms with E-state index in [1.165, 1.54) is 5.69 Å². The van der Waals surface area contributed by atoms with Gasteiger partial charge < -0.3 is 15.1 Å². The predicted molar refractivity (Wildman–Crippen MR) is 81.6 cm³/mol. The van der Waals surface area contributed by atoms with Gasteiger partial charge in [0.1, 0.15) is 0 Å². The minimum absolute atomic E-state index is 0.241. The smallest absolute Gasteiger partial charge is 0.224 e. The van der Waals surface area contributed by atoms with Crippen LogP contribution < -0.4 is 10.2 Å². The first-order valence-electron chi connectivity index (χ1n) is 7.59. The first kappa shape index (κ1) is 13.3. The van der Waals surface area contributed by atoms with Gasteiger partial charge in [-0.05, 0) is 31.4 Å². The normalized spacial score (nSPS) is 25.0. The van der Waals surface area contributed by atoms with Crippen molar-refractivity contribution in [3.63, 3.8) is 0 Å². The fraction of sp³-hybridized carbons (Fsp3) is 0.562. The molecular weight excluding hydrogens is 250 g/mol. The highest BCUT2D eigenvalue weighted by atomic mass is 16.2. The molecule has 108 valence electrons. The quantitative estimate of drug-likeness (QED) is 0.916. The lowest BCUT2D eigenvalue weighted by Crippen LogP contribution is -2.43. The Bertz CT molecular complexity index is 502. The number of amides is 1. The van der Waals surface area contributed by atoms with Gasteiger partial charge in [0, 0.05) is 13.0 Å². The number of nitrogens with zero attached hydrogens (tertiary/aromatic N) is 2. The number of para-hydroxylation sites is 2. The van der Waals surface area contributed by atoms with Gasteiger partial charge in [-0.15, -0.1) is 0 Å². The third-order valence-electron chi connectivity index (χ3n) is 4.36. The van der Waals surface area contributed by atoms with Crippen LogP contribution in [0.15, 0.2) is 24.3 Å². The van der Waals surface area contributed by atoms with Crippen molar-refractivity contribution in [1.82, 2.24) is 4.90 Å². The van der Waals surface area contributed by atoms with Crippen molar-refractivity contribution >= 4 is 17.3 Å². The largest absolute Gasteiger partial charge is 0.364 e. The van der Waals surface area contributed by atoms with E-state index in [-0.39, 0.29) is 6.17 Å². The number of carbonyl (C=O) groups is 1. The van der Waals surface area contributed by atoms with Crippen LogP contribution in [0, 0.1) is 5.92 Å². The zero-order valence-electron chi connectivity index (χ0n) is 12.3. The van der Waals surface area contributed by atoms with E-state index < -0.39 is 0 Å². The van der Waals surface area contributed by atoms with E-state index in [0.29, 0.717) is 18.5 Å². The first-order valence-corrected chi connectivity index (χ1v) is 7.59. The molecule has 3 rings (SSSR count). The molecule has 1 amide bonds. The van der Waals surface area contributed by atoms with Crippen molar-refractivity contribution in [2.75, 3.05) is 23.4 Å². The number of hydrogen-bond donors (Lipinski definition) is 1. The van der Waals surface area contributed by atoms with Gasteiger partial charge in [-0.25, -0.2) is 0 Å². The molecule has 0 radical (unpaired) electrons. The van der Waals surface area contributed by atoms with Crippen molar-refractivity contribution in [2.45, 2.75) is 39.3 Å². The number of fused-ring (bicyclic) bond motifs is 1. The van der Waals surface area contributed by atoms with Gasteiger partial charge >= 0.3 is 0 Å². The fourth-order valence-electron chi connectivity index (χ4n) is 3.33. The van der Waals surface area contributed by atoms with Gasteiger partial charge in [-0.2, -0.15) is 0 Å². The average Bonchev–Trinajstić information content (AvgIpc) is 2.92. The van der Waals surface area contributed by atoms with E-state index in [1.807, 2.05) is 11.0 Å². The van der Waals surface area contributed by atoms with Crippen LogP contribution in [-0.2, 0) is 4.79 Å². The second kappa shape index (κ2) is 5.35. The van der Waals surface area contributed by atoms with E-state index in [1.54, 1.807) is 0 Å². The molecule has 4 heteroatoms. The number of nitrogens with one attached hydrogen (secondary N) is 1. The lowest BCUT2D eigenvalue weighted by atomic mass is 10.0. The highest BCUT2D eigenvalue weighted by molar-refractivity contribution is 5.80. The molecule has 0 saturated carbocycles. The number of benzene rings is 1. The summed E-state index contributed by atoms with van der Waals surface area (Å²) in [5.74, 6) is 0.855. The molecule has 2 atom stereocenters. The maximum absolute atomic E-state index is 12.1. The topological polar surface area (TPSA) is 35.6 Å². The predicted octanol–water partition coefficient (Wildman–Crippen LogP) is 2.87. The van der Waals surface area contributed by atoms with Crippen LogP contribution in [0.4, 0.5) is 11.4 Å². The summed E-state index contributed by atoms with van der Waals surface area (Å²) in [4.78, 5) is 16.4. The lowest BCUT2D eigenvalue weighted by Gasteiger charge is -2.29. The Balaban J connectivity index is 1.71. The molecule has 2 aliphatic rings. The summed E-state index contributed by atoms with van der Waals surface area (Å²) in [6, 6.07) is 8.31. The molecule has 1 fully saturated rings. The van der Waals surface area contributed by atoms with Crippen molar-refractivity contribution in [3.8, 4) is 0 Å².